The summed E-state index contributed by atoms with van der Waals surface area (Å²) in [6, 6.07) is 4.17. The van der Waals surface area contributed by atoms with Crippen LogP contribution in [0.2, 0.25) is 0 Å². The molecule has 27 heavy (non-hydrogen) atoms. The third-order valence-electron chi connectivity index (χ3n) is 4.49. The van der Waals surface area contributed by atoms with E-state index in [0.717, 1.165) is 40.7 Å². The number of nitriles is 1. The highest BCUT2D eigenvalue weighted by atomic mass is 31.0. The van der Waals surface area contributed by atoms with Gasteiger partial charge in [-0.15, -0.1) is 9.24 Å². The summed E-state index contributed by atoms with van der Waals surface area (Å²) in [5.74, 6) is 0. The Morgan fingerprint density at radius 3 is 2.44 bits per heavy atom. The first-order chi connectivity index (χ1) is 12.9. The van der Waals surface area contributed by atoms with E-state index in [0.29, 0.717) is 24.1 Å². The molecule has 5 heteroatoms. The Morgan fingerprint density at radius 2 is 1.96 bits per heavy atom. The Hall–Kier alpha value is -2.24. The van der Waals surface area contributed by atoms with Crippen LogP contribution in [-0.4, -0.2) is 11.3 Å². The Balaban J connectivity index is 4.00. The van der Waals surface area contributed by atoms with E-state index in [4.69, 9.17) is 0 Å². The van der Waals surface area contributed by atoms with Crippen LogP contribution in [0.4, 0.5) is 0 Å². The van der Waals surface area contributed by atoms with Crippen LogP contribution in [0.15, 0.2) is 38.9 Å². The van der Waals surface area contributed by atoms with E-state index in [-0.39, 0.29) is 5.56 Å². The molecule has 0 fully saturated rings. The standard InChI is InChI=1S/C22H30N3OP/c1-7-10-15(4)25-16(5)17(14-24-6)12-19(22(25)26)18(9-3)20(13-23)21(27)11-8-2/h10-12H,6-9,14,27H2,1-5H3/b15-10+,20-18+,21-11+. The van der Waals surface area contributed by atoms with Crippen LogP contribution in [0.3, 0.4) is 0 Å². The molecule has 1 heterocycles. The van der Waals surface area contributed by atoms with Crippen molar-refractivity contribution in [3.63, 3.8) is 0 Å². The second kappa shape index (κ2) is 10.8. The van der Waals surface area contributed by atoms with Crippen LogP contribution < -0.4 is 5.56 Å². The minimum atomic E-state index is -0.0959. The summed E-state index contributed by atoms with van der Waals surface area (Å²) in [6.45, 7) is 13.9. The van der Waals surface area contributed by atoms with Crippen LogP contribution in [0.1, 0.15) is 63.8 Å². The average molecular weight is 383 g/mol. The molecule has 0 bridgehead atoms. The van der Waals surface area contributed by atoms with Gasteiger partial charge in [0.1, 0.15) is 6.07 Å². The van der Waals surface area contributed by atoms with E-state index < -0.39 is 0 Å². The van der Waals surface area contributed by atoms with Crippen molar-refractivity contribution in [2.75, 3.05) is 0 Å². The van der Waals surface area contributed by atoms with E-state index in [2.05, 4.69) is 27.0 Å². The Labute approximate surface area is 165 Å². The maximum Gasteiger partial charge on any atom is 0.262 e. The van der Waals surface area contributed by atoms with E-state index in [1.807, 2.05) is 52.8 Å². The number of allylic oxidation sites excluding steroid dienone is 6. The second-order valence-electron chi connectivity index (χ2n) is 6.33. The van der Waals surface area contributed by atoms with Crippen molar-refractivity contribution in [1.29, 1.82) is 5.26 Å². The molecular formula is C22H30N3OP. The van der Waals surface area contributed by atoms with Crippen LogP contribution in [-0.2, 0) is 6.54 Å². The zero-order valence-corrected chi connectivity index (χ0v) is 18.2. The highest BCUT2D eigenvalue weighted by molar-refractivity contribution is 7.23. The quantitative estimate of drug-likeness (QED) is 0.258. The SMILES string of the molecule is C=NCc1cc(/C(CC)=C(C#N)/C(P)=C\CC)c(=O)n(/C(C)=C/CC)c1C. The molecule has 1 aromatic heterocycles. The van der Waals surface area contributed by atoms with Gasteiger partial charge in [0.05, 0.1) is 12.1 Å². The predicted octanol–water partition coefficient (Wildman–Crippen LogP) is 5.48. The summed E-state index contributed by atoms with van der Waals surface area (Å²) in [7, 11) is 2.63. The fraction of sp³-hybridized carbons (Fsp3) is 0.409. The summed E-state index contributed by atoms with van der Waals surface area (Å²) in [6.07, 6.45) is 6.27. The maximum atomic E-state index is 13.4. The van der Waals surface area contributed by atoms with Gasteiger partial charge in [-0.05, 0) is 62.3 Å². The first kappa shape index (κ1) is 22.8. The number of hydrogen-bond acceptors (Lipinski definition) is 3. The van der Waals surface area contributed by atoms with Gasteiger partial charge in [0.15, 0.2) is 0 Å². The molecule has 1 rings (SSSR count). The molecule has 0 saturated carbocycles. The number of aliphatic imine (C=N–C) groups is 1. The predicted molar refractivity (Wildman–Crippen MR) is 120 cm³/mol. The summed E-state index contributed by atoms with van der Waals surface area (Å²) < 4.78 is 1.73. The molecule has 0 N–H and O–H groups in total. The van der Waals surface area contributed by atoms with E-state index in [1.165, 1.54) is 0 Å². The molecule has 0 aliphatic carbocycles. The average Bonchev–Trinajstić information content (AvgIpc) is 2.63. The second-order valence-corrected chi connectivity index (χ2v) is 6.95. The van der Waals surface area contributed by atoms with Crippen molar-refractivity contribution in [2.24, 2.45) is 4.99 Å². The molecular weight excluding hydrogens is 353 g/mol. The van der Waals surface area contributed by atoms with Gasteiger partial charge in [-0.1, -0.05) is 32.9 Å². The number of rotatable bonds is 8. The first-order valence-electron chi connectivity index (χ1n) is 9.32. The van der Waals surface area contributed by atoms with Gasteiger partial charge in [0.2, 0.25) is 0 Å². The van der Waals surface area contributed by atoms with Crippen LogP contribution in [0, 0.1) is 18.3 Å². The van der Waals surface area contributed by atoms with Gasteiger partial charge in [-0.2, -0.15) is 5.26 Å². The zero-order valence-electron chi connectivity index (χ0n) is 17.1. The molecule has 4 nitrogen and oxygen atoms in total. The van der Waals surface area contributed by atoms with Crippen molar-refractivity contribution in [3.8, 4) is 6.07 Å². The lowest BCUT2D eigenvalue weighted by Crippen LogP contribution is -2.26. The van der Waals surface area contributed by atoms with Crippen molar-refractivity contribution in [3.05, 3.63) is 56.3 Å². The van der Waals surface area contributed by atoms with Gasteiger partial charge >= 0.3 is 0 Å². The highest BCUT2D eigenvalue weighted by Crippen LogP contribution is 2.29. The first-order valence-corrected chi connectivity index (χ1v) is 9.90. The van der Waals surface area contributed by atoms with Gasteiger partial charge in [0.25, 0.3) is 5.56 Å². The lowest BCUT2D eigenvalue weighted by molar-refractivity contribution is 0.888. The molecule has 0 saturated heterocycles. The van der Waals surface area contributed by atoms with Crippen molar-refractivity contribution in [1.82, 2.24) is 4.57 Å². The lowest BCUT2D eigenvalue weighted by Gasteiger charge is -2.18. The fourth-order valence-corrected chi connectivity index (χ4v) is 3.67. The number of aromatic nitrogens is 1. The molecule has 0 aliphatic rings. The molecule has 0 aliphatic heterocycles. The summed E-state index contributed by atoms with van der Waals surface area (Å²) in [5, 5.41) is 10.6. The van der Waals surface area contributed by atoms with Crippen molar-refractivity contribution in [2.45, 2.75) is 60.4 Å². The number of pyridine rings is 1. The monoisotopic (exact) mass is 383 g/mol. The van der Waals surface area contributed by atoms with Crippen molar-refractivity contribution < 1.29 is 0 Å². The molecule has 1 atom stereocenters. The molecule has 0 amide bonds. The number of nitrogens with zero attached hydrogens (tertiary/aromatic N) is 3. The summed E-state index contributed by atoms with van der Waals surface area (Å²) in [5.41, 5.74) is 4.47. The third-order valence-corrected chi connectivity index (χ3v) is 5.02. The Morgan fingerprint density at radius 1 is 1.33 bits per heavy atom. The molecule has 0 spiro atoms. The van der Waals surface area contributed by atoms with Gasteiger partial charge < -0.3 is 0 Å². The minimum Gasteiger partial charge on any atom is -0.296 e. The Bertz CT molecular complexity index is 895. The summed E-state index contributed by atoms with van der Waals surface area (Å²) in [4.78, 5) is 17.4. The molecule has 1 aromatic rings. The fourth-order valence-electron chi connectivity index (χ4n) is 3.20. The minimum absolute atomic E-state index is 0.0959. The zero-order chi connectivity index (χ0) is 20.6. The van der Waals surface area contributed by atoms with E-state index in [1.54, 1.807) is 4.57 Å². The normalized spacial score (nSPS) is 13.2. The van der Waals surface area contributed by atoms with E-state index >= 15 is 0 Å². The third kappa shape index (κ3) is 5.15. The maximum absolute atomic E-state index is 13.4. The van der Waals surface area contributed by atoms with Crippen LogP contribution >= 0.6 is 9.24 Å². The van der Waals surface area contributed by atoms with Gasteiger partial charge in [-0.3, -0.25) is 14.4 Å². The Kier molecular flexibility index (Phi) is 9.12. The number of hydrogen-bond donors (Lipinski definition) is 0. The highest BCUT2D eigenvalue weighted by Gasteiger charge is 2.18. The molecule has 1 unspecified atom stereocenters. The molecule has 144 valence electrons. The van der Waals surface area contributed by atoms with Crippen LogP contribution in [0.5, 0.6) is 0 Å². The van der Waals surface area contributed by atoms with E-state index in [9.17, 15) is 10.1 Å². The molecule has 0 aromatic carbocycles. The van der Waals surface area contributed by atoms with Crippen molar-refractivity contribution >= 4 is 27.2 Å². The largest absolute Gasteiger partial charge is 0.296 e. The lowest BCUT2D eigenvalue weighted by atomic mass is 9.96. The smallest absolute Gasteiger partial charge is 0.262 e. The topological polar surface area (TPSA) is 58.1 Å². The molecule has 0 radical (unpaired) electrons. The van der Waals surface area contributed by atoms with Gasteiger partial charge in [-0.25, -0.2) is 0 Å². The van der Waals surface area contributed by atoms with Gasteiger partial charge in [0, 0.05) is 17.0 Å². The van der Waals surface area contributed by atoms with Crippen LogP contribution in [0.25, 0.3) is 11.3 Å². The summed E-state index contributed by atoms with van der Waals surface area (Å²) >= 11 is 0.